The van der Waals surface area contributed by atoms with E-state index in [1.54, 1.807) is 0 Å². The zero-order valence-corrected chi connectivity index (χ0v) is 10.5. The number of benzene rings is 1. The summed E-state index contributed by atoms with van der Waals surface area (Å²) in [5.74, 6) is -0.0634. The number of para-hydroxylation sites is 1. The van der Waals surface area contributed by atoms with Gasteiger partial charge in [-0.3, -0.25) is 4.79 Å². The van der Waals surface area contributed by atoms with Crippen LogP contribution in [0.15, 0.2) is 30.3 Å². The third kappa shape index (κ3) is 2.28. The lowest BCUT2D eigenvalue weighted by molar-refractivity contribution is -0.157. The molecule has 92 valence electrons. The van der Waals surface area contributed by atoms with Gasteiger partial charge in [-0.05, 0) is 25.0 Å². The van der Waals surface area contributed by atoms with Crippen LogP contribution in [0.25, 0.3) is 0 Å². The van der Waals surface area contributed by atoms with Crippen LogP contribution in [0.4, 0.5) is 5.69 Å². The first-order valence-electron chi connectivity index (χ1n) is 6.02. The van der Waals surface area contributed by atoms with Gasteiger partial charge in [-0.1, -0.05) is 24.6 Å². The predicted molar refractivity (Wildman–Crippen MR) is 68.0 cm³/mol. The molecule has 1 saturated carbocycles. The van der Waals surface area contributed by atoms with Crippen molar-refractivity contribution in [3.63, 3.8) is 0 Å². The number of hydrogen-bond acceptors (Lipinski definition) is 3. The van der Waals surface area contributed by atoms with Crippen molar-refractivity contribution < 1.29 is 9.53 Å². The maximum Gasteiger partial charge on any atom is 0.313 e. The molecular weight excluding hydrogens is 214 g/mol. The van der Waals surface area contributed by atoms with Gasteiger partial charge in [0, 0.05) is 19.3 Å². The first-order valence-corrected chi connectivity index (χ1v) is 6.02. The van der Waals surface area contributed by atoms with Gasteiger partial charge in [-0.2, -0.15) is 0 Å². The summed E-state index contributed by atoms with van der Waals surface area (Å²) in [4.78, 5) is 14.0. The summed E-state index contributed by atoms with van der Waals surface area (Å²) in [5, 5.41) is 0. The largest absolute Gasteiger partial charge is 0.469 e. The number of carbonyl (C=O) groups is 1. The summed E-state index contributed by atoms with van der Waals surface area (Å²) in [6.07, 6.45) is 3.01. The van der Waals surface area contributed by atoms with Crippen molar-refractivity contribution in [3.8, 4) is 0 Å². The fourth-order valence-electron chi connectivity index (χ4n) is 2.47. The molecule has 0 spiro atoms. The van der Waals surface area contributed by atoms with Gasteiger partial charge in [-0.15, -0.1) is 0 Å². The maximum absolute atomic E-state index is 11.8. The second-order valence-corrected chi connectivity index (χ2v) is 4.82. The highest BCUT2D eigenvalue weighted by molar-refractivity contribution is 5.78. The molecule has 1 aromatic carbocycles. The Morgan fingerprint density at radius 2 is 2.00 bits per heavy atom. The van der Waals surface area contributed by atoms with Gasteiger partial charge >= 0.3 is 5.97 Å². The monoisotopic (exact) mass is 233 g/mol. The molecule has 0 aliphatic heterocycles. The van der Waals surface area contributed by atoms with E-state index in [0.29, 0.717) is 0 Å². The standard InChI is InChI=1S/C14H19NO2/c1-15(12-7-4-3-5-8-12)11-14(9-6-10-14)13(16)17-2/h3-5,7-8H,6,9-11H2,1-2H3. The molecule has 0 saturated heterocycles. The Labute approximate surface area is 102 Å². The molecule has 1 aliphatic rings. The second-order valence-electron chi connectivity index (χ2n) is 4.82. The highest BCUT2D eigenvalue weighted by Gasteiger charge is 2.46. The zero-order valence-electron chi connectivity index (χ0n) is 10.5. The lowest BCUT2D eigenvalue weighted by Crippen LogP contribution is -2.47. The van der Waals surface area contributed by atoms with Crippen LogP contribution in [-0.2, 0) is 9.53 Å². The van der Waals surface area contributed by atoms with E-state index < -0.39 is 0 Å². The number of rotatable bonds is 4. The molecule has 0 unspecified atom stereocenters. The third-order valence-corrected chi connectivity index (χ3v) is 3.67. The molecule has 1 fully saturated rings. The topological polar surface area (TPSA) is 29.5 Å². The Morgan fingerprint density at radius 1 is 1.35 bits per heavy atom. The average molecular weight is 233 g/mol. The van der Waals surface area contributed by atoms with Gasteiger partial charge < -0.3 is 9.64 Å². The van der Waals surface area contributed by atoms with Crippen molar-refractivity contribution in [1.82, 2.24) is 0 Å². The number of anilines is 1. The van der Waals surface area contributed by atoms with Crippen molar-refractivity contribution in [2.45, 2.75) is 19.3 Å². The molecule has 0 bridgehead atoms. The summed E-state index contributed by atoms with van der Waals surface area (Å²) in [6, 6.07) is 10.1. The Bertz CT molecular complexity index is 384. The van der Waals surface area contributed by atoms with E-state index in [2.05, 4.69) is 17.0 Å². The third-order valence-electron chi connectivity index (χ3n) is 3.67. The molecule has 0 heterocycles. The van der Waals surface area contributed by atoms with Gasteiger partial charge in [-0.25, -0.2) is 0 Å². The van der Waals surface area contributed by atoms with Crippen LogP contribution in [0.1, 0.15) is 19.3 Å². The minimum absolute atomic E-state index is 0.0634. The number of ether oxygens (including phenoxy) is 1. The quantitative estimate of drug-likeness (QED) is 0.748. The maximum atomic E-state index is 11.8. The predicted octanol–water partition coefficient (Wildman–Crippen LogP) is 2.47. The van der Waals surface area contributed by atoms with Crippen LogP contribution < -0.4 is 4.90 Å². The van der Waals surface area contributed by atoms with Crippen molar-refractivity contribution in [3.05, 3.63) is 30.3 Å². The van der Waals surface area contributed by atoms with E-state index >= 15 is 0 Å². The van der Waals surface area contributed by atoms with Crippen LogP contribution in [0.2, 0.25) is 0 Å². The van der Waals surface area contributed by atoms with Crippen molar-refractivity contribution in [2.24, 2.45) is 5.41 Å². The molecule has 3 nitrogen and oxygen atoms in total. The second kappa shape index (κ2) is 4.78. The van der Waals surface area contributed by atoms with Crippen LogP contribution in [0.5, 0.6) is 0 Å². The van der Waals surface area contributed by atoms with Gasteiger partial charge in [0.25, 0.3) is 0 Å². The molecule has 17 heavy (non-hydrogen) atoms. The van der Waals surface area contributed by atoms with Gasteiger partial charge in [0.2, 0.25) is 0 Å². The first-order chi connectivity index (χ1) is 8.18. The Hall–Kier alpha value is -1.51. The minimum Gasteiger partial charge on any atom is -0.469 e. The lowest BCUT2D eigenvalue weighted by atomic mass is 9.68. The van der Waals surface area contributed by atoms with E-state index in [9.17, 15) is 4.79 Å². The van der Waals surface area contributed by atoms with E-state index in [4.69, 9.17) is 4.74 Å². The molecule has 2 rings (SSSR count). The molecule has 3 heteroatoms. The van der Waals surface area contributed by atoms with Gasteiger partial charge in [0.1, 0.15) is 0 Å². The fourth-order valence-corrected chi connectivity index (χ4v) is 2.47. The smallest absolute Gasteiger partial charge is 0.313 e. The summed E-state index contributed by atoms with van der Waals surface area (Å²) >= 11 is 0. The Balaban J connectivity index is 2.07. The van der Waals surface area contributed by atoms with Crippen LogP contribution in [0.3, 0.4) is 0 Å². The van der Waals surface area contributed by atoms with Crippen molar-refractivity contribution in [1.29, 1.82) is 0 Å². The Morgan fingerprint density at radius 3 is 2.47 bits per heavy atom. The Kier molecular flexibility index (Phi) is 3.36. The minimum atomic E-state index is -0.278. The molecule has 0 atom stereocenters. The van der Waals surface area contributed by atoms with Crippen LogP contribution in [0, 0.1) is 5.41 Å². The van der Waals surface area contributed by atoms with E-state index in [1.807, 2.05) is 25.2 Å². The van der Waals surface area contributed by atoms with E-state index in [-0.39, 0.29) is 11.4 Å². The highest BCUT2D eigenvalue weighted by Crippen LogP contribution is 2.43. The molecule has 0 radical (unpaired) electrons. The number of methoxy groups -OCH3 is 1. The summed E-state index contributed by atoms with van der Waals surface area (Å²) in [5.41, 5.74) is 0.863. The van der Waals surface area contributed by atoms with E-state index in [0.717, 1.165) is 31.5 Å². The number of esters is 1. The van der Waals surface area contributed by atoms with Crippen LogP contribution >= 0.6 is 0 Å². The fraction of sp³-hybridized carbons (Fsp3) is 0.500. The lowest BCUT2D eigenvalue weighted by Gasteiger charge is -2.41. The summed E-state index contributed by atoms with van der Waals surface area (Å²) in [7, 11) is 3.50. The normalized spacial score (nSPS) is 17.1. The SMILES string of the molecule is COC(=O)C1(CN(C)c2ccccc2)CCC1. The number of nitrogens with zero attached hydrogens (tertiary/aromatic N) is 1. The molecule has 1 aromatic rings. The molecule has 1 aliphatic carbocycles. The van der Waals surface area contributed by atoms with Gasteiger partial charge in [0.05, 0.1) is 12.5 Å². The van der Waals surface area contributed by atoms with E-state index in [1.165, 1.54) is 7.11 Å². The highest BCUT2D eigenvalue weighted by atomic mass is 16.5. The average Bonchev–Trinajstić information content (AvgIpc) is 2.33. The summed E-state index contributed by atoms with van der Waals surface area (Å²) in [6.45, 7) is 0.740. The molecule has 0 aromatic heterocycles. The van der Waals surface area contributed by atoms with Crippen molar-refractivity contribution in [2.75, 3.05) is 25.6 Å². The summed E-state index contributed by atoms with van der Waals surface area (Å²) < 4.78 is 4.93. The van der Waals surface area contributed by atoms with Gasteiger partial charge in [0.15, 0.2) is 0 Å². The van der Waals surface area contributed by atoms with Crippen LogP contribution in [-0.4, -0.2) is 26.7 Å². The number of hydrogen-bond donors (Lipinski definition) is 0. The van der Waals surface area contributed by atoms with Crippen molar-refractivity contribution >= 4 is 11.7 Å². The molecule has 0 N–H and O–H groups in total. The molecular formula is C14H19NO2. The zero-order chi connectivity index (χ0) is 12.3. The molecule has 0 amide bonds. The number of carbonyl (C=O) groups excluding carboxylic acids is 1. The first kappa shape index (κ1) is 12.0.